The van der Waals surface area contributed by atoms with Gasteiger partial charge in [-0.15, -0.1) is 7.92 Å². The monoisotopic (exact) mass is 268 g/mol. The Labute approximate surface area is 117 Å². The highest BCUT2D eigenvalue weighted by Gasteiger charge is 2.33. The zero-order chi connectivity index (χ0) is 13.1. The fourth-order valence-corrected chi connectivity index (χ4v) is 6.01. The predicted molar refractivity (Wildman–Crippen MR) is 85.1 cm³/mol. The Bertz CT molecular complexity index is 506. The first-order chi connectivity index (χ1) is 9.34. The minimum Gasteiger partial charge on any atom is -0.102 e. The fraction of sp³-hybridized carbons (Fsp3) is 0.333. The summed E-state index contributed by atoms with van der Waals surface area (Å²) in [5.41, 5.74) is 3.87. The summed E-state index contributed by atoms with van der Waals surface area (Å²) in [5.74, 6) is 0.834. The van der Waals surface area contributed by atoms with Crippen molar-refractivity contribution in [2.24, 2.45) is 5.92 Å². The highest BCUT2D eigenvalue weighted by molar-refractivity contribution is 7.57. The van der Waals surface area contributed by atoms with Crippen molar-refractivity contribution in [1.82, 2.24) is 0 Å². The molecule has 1 aliphatic heterocycles. The van der Waals surface area contributed by atoms with Crippen LogP contribution in [-0.4, -0.2) is 12.8 Å². The number of hydrogen-bond acceptors (Lipinski definition) is 0. The Morgan fingerprint density at radius 3 is 2.26 bits per heavy atom. The van der Waals surface area contributed by atoms with Crippen molar-refractivity contribution >= 4 is 7.92 Å². The lowest BCUT2D eigenvalue weighted by Gasteiger charge is -2.23. The smallest absolute Gasteiger partial charge is 0.00709 e. The second-order valence-corrected chi connectivity index (χ2v) is 8.09. The van der Waals surface area contributed by atoms with Crippen molar-refractivity contribution in [1.29, 1.82) is 0 Å². The fourth-order valence-electron chi connectivity index (χ4n) is 3.33. The Hall–Kier alpha value is -1.13. The Morgan fingerprint density at radius 1 is 0.947 bits per heavy atom. The van der Waals surface area contributed by atoms with Crippen molar-refractivity contribution in [2.75, 3.05) is 12.8 Å². The number of benzene rings is 2. The minimum absolute atomic E-state index is 0.160. The average Bonchev–Trinajstić information content (AvgIpc) is 2.82. The Balaban J connectivity index is 1.81. The van der Waals surface area contributed by atoms with Crippen molar-refractivity contribution in [3.63, 3.8) is 0 Å². The molecule has 0 spiro atoms. The average molecular weight is 268 g/mol. The standard InChI is InChI=1S/C18H21P/c1-19-13-12-17(14-15-8-4-2-5-9-15)18(19)16-10-6-3-7-11-16/h2-11,17-18H,12-14H2,1H3. The molecule has 1 aliphatic rings. The van der Waals surface area contributed by atoms with Crippen molar-refractivity contribution in [2.45, 2.75) is 18.5 Å². The van der Waals surface area contributed by atoms with Crippen LogP contribution in [0.1, 0.15) is 23.2 Å². The lowest BCUT2D eigenvalue weighted by Crippen LogP contribution is -2.08. The first kappa shape index (κ1) is 12.9. The van der Waals surface area contributed by atoms with Gasteiger partial charge in [-0.25, -0.2) is 0 Å². The third-order valence-corrected chi connectivity index (χ3v) is 6.89. The van der Waals surface area contributed by atoms with Crippen LogP contribution < -0.4 is 0 Å². The molecule has 2 aromatic rings. The van der Waals surface area contributed by atoms with Gasteiger partial charge in [-0.05, 0) is 42.7 Å². The molecule has 0 amide bonds. The van der Waals surface area contributed by atoms with Crippen molar-refractivity contribution < 1.29 is 0 Å². The summed E-state index contributed by atoms with van der Waals surface area (Å²) in [7, 11) is 0.160. The van der Waals surface area contributed by atoms with E-state index in [1.807, 2.05) is 0 Å². The summed E-state index contributed by atoms with van der Waals surface area (Å²) in [5, 5.41) is 0. The molecule has 0 nitrogen and oxygen atoms in total. The largest absolute Gasteiger partial charge is 0.102 e. The molecule has 0 radical (unpaired) electrons. The van der Waals surface area contributed by atoms with E-state index in [9.17, 15) is 0 Å². The second kappa shape index (κ2) is 5.88. The summed E-state index contributed by atoms with van der Waals surface area (Å²) in [6.45, 7) is 2.48. The summed E-state index contributed by atoms with van der Waals surface area (Å²) in [4.78, 5) is 0. The summed E-state index contributed by atoms with van der Waals surface area (Å²) in [6.07, 6.45) is 4.08. The Morgan fingerprint density at radius 2 is 1.58 bits per heavy atom. The lowest BCUT2D eigenvalue weighted by molar-refractivity contribution is 0.520. The van der Waals surface area contributed by atoms with Crippen LogP contribution in [0.3, 0.4) is 0 Å². The molecule has 1 heteroatoms. The van der Waals surface area contributed by atoms with Crippen LogP contribution in [0, 0.1) is 5.92 Å². The van der Waals surface area contributed by atoms with E-state index in [1.54, 1.807) is 5.56 Å². The van der Waals surface area contributed by atoms with E-state index in [4.69, 9.17) is 0 Å². The van der Waals surface area contributed by atoms with Crippen LogP contribution >= 0.6 is 7.92 Å². The van der Waals surface area contributed by atoms with Gasteiger partial charge in [0.15, 0.2) is 0 Å². The van der Waals surface area contributed by atoms with Gasteiger partial charge in [-0.2, -0.15) is 0 Å². The molecule has 0 saturated carbocycles. The maximum Gasteiger partial charge on any atom is 0.00709 e. The van der Waals surface area contributed by atoms with Crippen molar-refractivity contribution in [3.05, 3.63) is 71.8 Å². The molecular weight excluding hydrogens is 247 g/mol. The SMILES string of the molecule is CP1CCC(Cc2ccccc2)C1c1ccccc1. The molecule has 2 aromatic carbocycles. The van der Waals surface area contributed by atoms with Gasteiger partial charge < -0.3 is 0 Å². The van der Waals surface area contributed by atoms with Gasteiger partial charge in [-0.1, -0.05) is 60.7 Å². The molecule has 19 heavy (non-hydrogen) atoms. The molecule has 3 unspecified atom stereocenters. The van der Waals surface area contributed by atoms with E-state index in [-0.39, 0.29) is 7.92 Å². The topological polar surface area (TPSA) is 0 Å². The van der Waals surface area contributed by atoms with Gasteiger partial charge >= 0.3 is 0 Å². The normalized spacial score (nSPS) is 26.5. The predicted octanol–water partition coefficient (Wildman–Crippen LogP) is 5.10. The number of rotatable bonds is 3. The minimum atomic E-state index is 0.160. The van der Waals surface area contributed by atoms with Gasteiger partial charge in [0.05, 0.1) is 0 Å². The van der Waals surface area contributed by atoms with Gasteiger partial charge in [-0.3, -0.25) is 0 Å². The molecule has 1 saturated heterocycles. The third kappa shape index (κ3) is 2.90. The van der Waals surface area contributed by atoms with E-state index in [2.05, 4.69) is 67.3 Å². The van der Waals surface area contributed by atoms with Gasteiger partial charge in [0.1, 0.15) is 0 Å². The zero-order valence-electron chi connectivity index (χ0n) is 11.5. The second-order valence-electron chi connectivity index (χ2n) is 5.57. The van der Waals surface area contributed by atoms with Crippen LogP contribution in [0.5, 0.6) is 0 Å². The molecular formula is C18H21P. The van der Waals surface area contributed by atoms with E-state index in [1.165, 1.54) is 24.6 Å². The van der Waals surface area contributed by atoms with Crippen LogP contribution in [0.4, 0.5) is 0 Å². The highest BCUT2D eigenvalue weighted by atomic mass is 31.1. The van der Waals surface area contributed by atoms with E-state index in [0.717, 1.165) is 11.6 Å². The molecule has 0 aromatic heterocycles. The van der Waals surface area contributed by atoms with Gasteiger partial charge in [0.25, 0.3) is 0 Å². The van der Waals surface area contributed by atoms with Crippen molar-refractivity contribution in [3.8, 4) is 0 Å². The molecule has 1 fully saturated rings. The molecule has 3 rings (SSSR count). The molecule has 98 valence electrons. The van der Waals surface area contributed by atoms with Crippen LogP contribution in [0.2, 0.25) is 0 Å². The quantitative estimate of drug-likeness (QED) is 0.679. The van der Waals surface area contributed by atoms with E-state index >= 15 is 0 Å². The van der Waals surface area contributed by atoms with Crippen LogP contribution in [0.15, 0.2) is 60.7 Å². The van der Waals surface area contributed by atoms with Gasteiger partial charge in [0.2, 0.25) is 0 Å². The van der Waals surface area contributed by atoms with E-state index < -0.39 is 0 Å². The zero-order valence-corrected chi connectivity index (χ0v) is 12.4. The molecule has 0 aliphatic carbocycles. The maximum atomic E-state index is 2.48. The van der Waals surface area contributed by atoms with Crippen LogP contribution in [-0.2, 0) is 6.42 Å². The van der Waals surface area contributed by atoms with Gasteiger partial charge in [0, 0.05) is 5.66 Å². The van der Waals surface area contributed by atoms with Crippen LogP contribution in [0.25, 0.3) is 0 Å². The molecule has 1 heterocycles. The third-order valence-electron chi connectivity index (χ3n) is 4.26. The first-order valence-electron chi connectivity index (χ1n) is 7.14. The summed E-state index contributed by atoms with van der Waals surface area (Å²) >= 11 is 0. The molecule has 3 atom stereocenters. The Kier molecular flexibility index (Phi) is 3.99. The number of hydrogen-bond donors (Lipinski definition) is 0. The first-order valence-corrected chi connectivity index (χ1v) is 9.18. The highest BCUT2D eigenvalue weighted by Crippen LogP contribution is 2.60. The van der Waals surface area contributed by atoms with E-state index in [0.29, 0.717) is 0 Å². The summed E-state index contributed by atoms with van der Waals surface area (Å²) in [6, 6.07) is 22.2. The maximum absolute atomic E-state index is 2.48. The summed E-state index contributed by atoms with van der Waals surface area (Å²) < 4.78 is 0. The molecule has 0 bridgehead atoms. The molecule has 0 N–H and O–H groups in total. The lowest BCUT2D eigenvalue weighted by atomic mass is 9.90.